The number of hydrogen-bond acceptors (Lipinski definition) is 4. The summed E-state index contributed by atoms with van der Waals surface area (Å²) in [5, 5.41) is 7.39. The van der Waals surface area contributed by atoms with E-state index in [2.05, 4.69) is 15.4 Å². The summed E-state index contributed by atoms with van der Waals surface area (Å²) in [6, 6.07) is 0. The summed E-state index contributed by atoms with van der Waals surface area (Å²) in [6.07, 6.45) is 2.58. The quantitative estimate of drug-likeness (QED) is 0.611. The van der Waals surface area contributed by atoms with Crippen molar-refractivity contribution in [3.63, 3.8) is 0 Å². The first-order chi connectivity index (χ1) is 6.33. The van der Waals surface area contributed by atoms with Crippen molar-refractivity contribution in [2.75, 3.05) is 26.8 Å². The van der Waals surface area contributed by atoms with Gasteiger partial charge >= 0.3 is 0 Å². The summed E-state index contributed by atoms with van der Waals surface area (Å²) in [7, 11) is 3.57. The number of rotatable bonds is 6. The highest BCUT2D eigenvalue weighted by Crippen LogP contribution is 1.87. The van der Waals surface area contributed by atoms with Gasteiger partial charge in [-0.1, -0.05) is 0 Å². The standard InChI is InChI=1S/C8H16N4O/c1-12-7-10-8(11-12)3-4-9-5-6-13-2/h7,9H,3-6H2,1-2H3. The maximum absolute atomic E-state index is 4.90. The molecule has 0 saturated carbocycles. The van der Waals surface area contributed by atoms with Crippen LogP contribution in [0.25, 0.3) is 0 Å². The molecule has 0 atom stereocenters. The predicted molar refractivity (Wildman–Crippen MR) is 49.5 cm³/mol. The average molecular weight is 184 g/mol. The van der Waals surface area contributed by atoms with Crippen LogP contribution in [0.1, 0.15) is 5.82 Å². The molecule has 0 aliphatic heterocycles. The third kappa shape index (κ3) is 4.00. The van der Waals surface area contributed by atoms with Gasteiger partial charge in [0.15, 0.2) is 5.82 Å². The summed E-state index contributed by atoms with van der Waals surface area (Å²) >= 11 is 0. The molecular formula is C8H16N4O. The van der Waals surface area contributed by atoms with Crippen LogP contribution in [-0.2, 0) is 18.2 Å². The van der Waals surface area contributed by atoms with Gasteiger partial charge in [-0.25, -0.2) is 4.98 Å². The number of methoxy groups -OCH3 is 1. The minimum atomic E-state index is 0.746. The highest BCUT2D eigenvalue weighted by molar-refractivity contribution is 4.81. The summed E-state index contributed by atoms with van der Waals surface area (Å²) in [5.41, 5.74) is 0. The van der Waals surface area contributed by atoms with Gasteiger partial charge in [0.2, 0.25) is 0 Å². The summed E-state index contributed by atoms with van der Waals surface area (Å²) < 4.78 is 6.61. The molecule has 1 heterocycles. The summed E-state index contributed by atoms with van der Waals surface area (Å²) in [5.74, 6) is 0.882. The number of nitrogens with one attached hydrogen (secondary N) is 1. The monoisotopic (exact) mass is 184 g/mol. The minimum absolute atomic E-state index is 0.746. The van der Waals surface area contributed by atoms with Gasteiger partial charge in [-0.15, -0.1) is 0 Å². The molecule has 0 amide bonds. The molecule has 5 nitrogen and oxygen atoms in total. The fourth-order valence-electron chi connectivity index (χ4n) is 0.998. The van der Waals surface area contributed by atoms with E-state index in [1.807, 2.05) is 7.05 Å². The average Bonchev–Trinajstić information content (AvgIpc) is 2.51. The Morgan fingerprint density at radius 2 is 2.38 bits per heavy atom. The molecule has 1 N–H and O–H groups in total. The number of nitrogens with zero attached hydrogens (tertiary/aromatic N) is 3. The maximum Gasteiger partial charge on any atom is 0.151 e. The van der Waals surface area contributed by atoms with Crippen LogP contribution in [0, 0.1) is 0 Å². The van der Waals surface area contributed by atoms with Crippen molar-refractivity contribution in [2.24, 2.45) is 7.05 Å². The largest absolute Gasteiger partial charge is 0.383 e. The molecule has 1 rings (SSSR count). The van der Waals surface area contributed by atoms with Crippen LogP contribution in [0.4, 0.5) is 0 Å². The van der Waals surface area contributed by atoms with Crippen molar-refractivity contribution in [3.05, 3.63) is 12.2 Å². The highest BCUT2D eigenvalue weighted by Gasteiger charge is 1.96. The second-order valence-corrected chi connectivity index (χ2v) is 2.83. The molecule has 5 heteroatoms. The zero-order chi connectivity index (χ0) is 9.52. The summed E-state index contributed by atoms with van der Waals surface area (Å²) in [4.78, 5) is 4.11. The lowest BCUT2D eigenvalue weighted by molar-refractivity contribution is 0.199. The maximum atomic E-state index is 4.90. The molecule has 0 aliphatic rings. The third-order valence-corrected chi connectivity index (χ3v) is 1.66. The first-order valence-electron chi connectivity index (χ1n) is 4.37. The van der Waals surface area contributed by atoms with Gasteiger partial charge in [0.1, 0.15) is 6.33 Å². The lowest BCUT2D eigenvalue weighted by Gasteiger charge is -2.00. The number of hydrogen-bond donors (Lipinski definition) is 1. The topological polar surface area (TPSA) is 52.0 Å². The Kier molecular flexibility index (Phi) is 4.42. The molecule has 0 saturated heterocycles. The Labute approximate surface area is 78.1 Å². The van der Waals surface area contributed by atoms with Crippen molar-refractivity contribution >= 4 is 0 Å². The minimum Gasteiger partial charge on any atom is -0.383 e. The van der Waals surface area contributed by atoms with Gasteiger partial charge in [-0.05, 0) is 0 Å². The van der Waals surface area contributed by atoms with Crippen molar-refractivity contribution in [2.45, 2.75) is 6.42 Å². The van der Waals surface area contributed by atoms with E-state index in [9.17, 15) is 0 Å². The fourth-order valence-corrected chi connectivity index (χ4v) is 0.998. The van der Waals surface area contributed by atoms with E-state index in [1.54, 1.807) is 18.1 Å². The molecule has 74 valence electrons. The SMILES string of the molecule is COCCNCCc1ncn(C)n1. The number of ether oxygens (including phenoxy) is 1. The smallest absolute Gasteiger partial charge is 0.151 e. The van der Waals surface area contributed by atoms with E-state index < -0.39 is 0 Å². The van der Waals surface area contributed by atoms with Gasteiger partial charge in [0.05, 0.1) is 6.61 Å². The molecular weight excluding hydrogens is 168 g/mol. The molecule has 0 bridgehead atoms. The Morgan fingerprint density at radius 1 is 1.54 bits per heavy atom. The van der Waals surface area contributed by atoms with Crippen LogP contribution >= 0.6 is 0 Å². The molecule has 0 aromatic carbocycles. The Bertz CT molecular complexity index is 236. The van der Waals surface area contributed by atoms with Gasteiger partial charge in [0, 0.05) is 33.7 Å². The van der Waals surface area contributed by atoms with E-state index in [4.69, 9.17) is 4.74 Å². The molecule has 0 unspecified atom stereocenters. The molecule has 0 spiro atoms. The zero-order valence-electron chi connectivity index (χ0n) is 8.16. The Morgan fingerprint density at radius 3 is 3.00 bits per heavy atom. The summed E-state index contributed by atoms with van der Waals surface area (Å²) in [6.45, 7) is 2.52. The second-order valence-electron chi connectivity index (χ2n) is 2.83. The number of aryl methyl sites for hydroxylation is 1. The van der Waals surface area contributed by atoms with E-state index in [1.165, 1.54) is 0 Å². The predicted octanol–water partition coefficient (Wildman–Crippen LogP) is -0.406. The van der Waals surface area contributed by atoms with E-state index in [0.717, 1.165) is 31.9 Å². The van der Waals surface area contributed by atoms with Gasteiger partial charge in [0.25, 0.3) is 0 Å². The molecule has 0 aliphatic carbocycles. The lowest BCUT2D eigenvalue weighted by atomic mass is 10.4. The number of aromatic nitrogens is 3. The normalized spacial score (nSPS) is 10.6. The van der Waals surface area contributed by atoms with Crippen LogP contribution < -0.4 is 5.32 Å². The van der Waals surface area contributed by atoms with Crippen molar-refractivity contribution < 1.29 is 4.74 Å². The zero-order valence-corrected chi connectivity index (χ0v) is 8.16. The second kappa shape index (κ2) is 5.66. The third-order valence-electron chi connectivity index (χ3n) is 1.66. The van der Waals surface area contributed by atoms with Crippen molar-refractivity contribution in [3.8, 4) is 0 Å². The molecule has 1 aromatic heterocycles. The molecule has 0 radical (unpaired) electrons. The molecule has 1 aromatic rings. The van der Waals surface area contributed by atoms with Crippen LogP contribution in [0.15, 0.2) is 6.33 Å². The van der Waals surface area contributed by atoms with Crippen molar-refractivity contribution in [1.29, 1.82) is 0 Å². The lowest BCUT2D eigenvalue weighted by Crippen LogP contribution is -2.22. The van der Waals surface area contributed by atoms with E-state index in [0.29, 0.717) is 0 Å². The molecule has 0 fully saturated rings. The highest BCUT2D eigenvalue weighted by atomic mass is 16.5. The van der Waals surface area contributed by atoms with Crippen LogP contribution in [-0.4, -0.2) is 41.6 Å². The van der Waals surface area contributed by atoms with Gasteiger partial charge in [-0.2, -0.15) is 5.10 Å². The van der Waals surface area contributed by atoms with Crippen LogP contribution in [0.2, 0.25) is 0 Å². The van der Waals surface area contributed by atoms with Crippen LogP contribution in [0.5, 0.6) is 0 Å². The van der Waals surface area contributed by atoms with E-state index in [-0.39, 0.29) is 0 Å². The van der Waals surface area contributed by atoms with Crippen molar-refractivity contribution in [1.82, 2.24) is 20.1 Å². The van der Waals surface area contributed by atoms with Gasteiger partial charge in [-0.3, -0.25) is 4.68 Å². The molecule has 13 heavy (non-hydrogen) atoms. The Hall–Kier alpha value is -0.940. The van der Waals surface area contributed by atoms with E-state index >= 15 is 0 Å². The van der Waals surface area contributed by atoms with Gasteiger partial charge < -0.3 is 10.1 Å². The van der Waals surface area contributed by atoms with Crippen LogP contribution in [0.3, 0.4) is 0 Å². The first-order valence-corrected chi connectivity index (χ1v) is 4.37. The first kappa shape index (κ1) is 10.1. The Balaban J connectivity index is 2.06. The fraction of sp³-hybridized carbons (Fsp3) is 0.750.